The lowest BCUT2D eigenvalue weighted by Crippen LogP contribution is -1.96. The van der Waals surface area contributed by atoms with Gasteiger partial charge in [-0.3, -0.25) is 0 Å². The molecular formula is C31H20N4. The molecule has 6 aromatic rings. The second-order valence-corrected chi connectivity index (χ2v) is 8.74. The van der Waals surface area contributed by atoms with Gasteiger partial charge < -0.3 is 0 Å². The number of fused-ring (bicyclic) bond motifs is 4. The lowest BCUT2D eigenvalue weighted by atomic mass is 10.0. The smallest absolute Gasteiger partial charge is 0.160 e. The monoisotopic (exact) mass is 448 g/mol. The Morgan fingerprint density at radius 3 is 2.09 bits per heavy atom. The zero-order chi connectivity index (χ0) is 23.2. The molecule has 2 aromatic heterocycles. The summed E-state index contributed by atoms with van der Waals surface area (Å²) in [6.07, 6.45) is 2.53. The predicted molar refractivity (Wildman–Crippen MR) is 140 cm³/mol. The molecule has 0 bridgehead atoms. The maximum atomic E-state index is 4.99. The van der Waals surface area contributed by atoms with Crippen LogP contribution in [0, 0.1) is 0 Å². The fraction of sp³-hybridized carbons (Fsp3) is 0.0323. The SMILES string of the molecule is c1ccc(-c2nc(-c3ccc(-c4ncnc5c4Cc4ccccc4-5)cc3)nc3ccccc23)cc1. The van der Waals surface area contributed by atoms with E-state index in [2.05, 4.69) is 76.7 Å². The molecule has 164 valence electrons. The molecule has 0 spiro atoms. The zero-order valence-electron chi connectivity index (χ0n) is 18.9. The topological polar surface area (TPSA) is 51.6 Å². The molecule has 4 aromatic carbocycles. The van der Waals surface area contributed by atoms with E-state index in [1.54, 1.807) is 6.33 Å². The molecule has 0 radical (unpaired) electrons. The highest BCUT2D eigenvalue weighted by Crippen LogP contribution is 2.39. The van der Waals surface area contributed by atoms with E-state index in [0.29, 0.717) is 0 Å². The van der Waals surface area contributed by atoms with Gasteiger partial charge in [0.2, 0.25) is 0 Å². The normalized spacial score (nSPS) is 11.9. The lowest BCUT2D eigenvalue weighted by Gasteiger charge is -2.10. The summed E-state index contributed by atoms with van der Waals surface area (Å²) in [4.78, 5) is 19.1. The minimum absolute atomic E-state index is 0.717. The molecular weight excluding hydrogens is 428 g/mol. The van der Waals surface area contributed by atoms with Gasteiger partial charge in [0.15, 0.2) is 5.82 Å². The van der Waals surface area contributed by atoms with Gasteiger partial charge in [-0.15, -0.1) is 0 Å². The molecule has 0 unspecified atom stereocenters. The first-order valence-electron chi connectivity index (χ1n) is 11.7. The number of rotatable bonds is 3. The summed E-state index contributed by atoms with van der Waals surface area (Å²) >= 11 is 0. The highest BCUT2D eigenvalue weighted by Gasteiger charge is 2.23. The highest BCUT2D eigenvalue weighted by molar-refractivity contribution is 5.93. The van der Waals surface area contributed by atoms with Crippen LogP contribution in [-0.4, -0.2) is 19.9 Å². The van der Waals surface area contributed by atoms with Crippen molar-refractivity contribution in [3.05, 3.63) is 121 Å². The average molecular weight is 449 g/mol. The van der Waals surface area contributed by atoms with Gasteiger partial charge in [0.1, 0.15) is 6.33 Å². The van der Waals surface area contributed by atoms with Crippen LogP contribution in [0.5, 0.6) is 0 Å². The fourth-order valence-electron chi connectivity index (χ4n) is 4.96. The molecule has 35 heavy (non-hydrogen) atoms. The first kappa shape index (κ1) is 19.7. The number of hydrogen-bond donors (Lipinski definition) is 0. The first-order chi connectivity index (χ1) is 17.3. The van der Waals surface area contributed by atoms with E-state index in [4.69, 9.17) is 9.97 Å². The second-order valence-electron chi connectivity index (χ2n) is 8.74. The number of para-hydroxylation sites is 1. The van der Waals surface area contributed by atoms with Gasteiger partial charge in [-0.25, -0.2) is 19.9 Å². The zero-order valence-corrected chi connectivity index (χ0v) is 18.9. The van der Waals surface area contributed by atoms with Crippen molar-refractivity contribution in [2.45, 2.75) is 6.42 Å². The van der Waals surface area contributed by atoms with E-state index in [1.165, 1.54) is 16.7 Å². The number of benzene rings is 4. The van der Waals surface area contributed by atoms with E-state index in [9.17, 15) is 0 Å². The van der Waals surface area contributed by atoms with Gasteiger partial charge in [-0.1, -0.05) is 97.1 Å². The summed E-state index contributed by atoms with van der Waals surface area (Å²) in [5.74, 6) is 0.717. The van der Waals surface area contributed by atoms with Crippen LogP contribution in [0.15, 0.2) is 109 Å². The first-order valence-corrected chi connectivity index (χ1v) is 11.7. The Hall–Kier alpha value is -4.70. The molecule has 1 aliphatic rings. The molecule has 7 rings (SSSR count). The Morgan fingerprint density at radius 1 is 0.514 bits per heavy atom. The number of nitrogens with zero attached hydrogens (tertiary/aromatic N) is 4. The van der Waals surface area contributed by atoms with Crippen molar-refractivity contribution in [2.75, 3.05) is 0 Å². The van der Waals surface area contributed by atoms with Crippen molar-refractivity contribution in [1.82, 2.24) is 19.9 Å². The molecule has 0 atom stereocenters. The molecule has 0 saturated heterocycles. The predicted octanol–water partition coefficient (Wildman–Crippen LogP) is 6.99. The number of hydrogen-bond acceptors (Lipinski definition) is 4. The van der Waals surface area contributed by atoms with Crippen LogP contribution < -0.4 is 0 Å². The molecule has 0 aliphatic heterocycles. The molecule has 1 aliphatic carbocycles. The molecule has 0 fully saturated rings. The van der Waals surface area contributed by atoms with Crippen molar-refractivity contribution >= 4 is 10.9 Å². The van der Waals surface area contributed by atoms with Crippen LogP contribution in [-0.2, 0) is 6.42 Å². The quantitative estimate of drug-likeness (QED) is 0.292. The van der Waals surface area contributed by atoms with Gasteiger partial charge in [0.25, 0.3) is 0 Å². The summed E-state index contributed by atoms with van der Waals surface area (Å²) in [5, 5.41) is 1.05. The highest BCUT2D eigenvalue weighted by atomic mass is 14.9. The molecule has 2 heterocycles. The van der Waals surface area contributed by atoms with E-state index < -0.39 is 0 Å². The standard InChI is InChI=1S/C31H20N4/c1-2-8-20(9-3-1)29-25-12-6-7-13-27(25)34-31(35-29)22-16-14-21(15-17-22)28-26-18-23-10-4-5-11-24(23)30(26)33-19-32-28/h1-17,19H,18H2. The van der Waals surface area contributed by atoms with Gasteiger partial charge in [-0.05, 0) is 11.6 Å². The fourth-order valence-corrected chi connectivity index (χ4v) is 4.96. The van der Waals surface area contributed by atoms with Gasteiger partial charge >= 0.3 is 0 Å². The third-order valence-electron chi connectivity index (χ3n) is 6.65. The average Bonchev–Trinajstić information content (AvgIpc) is 3.32. The molecule has 0 amide bonds. The summed E-state index contributed by atoms with van der Waals surface area (Å²) in [6, 6.07) is 35.3. The van der Waals surface area contributed by atoms with E-state index in [1.807, 2.05) is 36.4 Å². The number of aromatic nitrogens is 4. The van der Waals surface area contributed by atoms with Crippen LogP contribution >= 0.6 is 0 Å². The van der Waals surface area contributed by atoms with Crippen LogP contribution in [0.1, 0.15) is 11.1 Å². The Kier molecular flexibility index (Phi) is 4.49. The minimum atomic E-state index is 0.717. The molecule has 0 saturated carbocycles. The summed E-state index contributed by atoms with van der Waals surface area (Å²) in [5.41, 5.74) is 10.8. The van der Waals surface area contributed by atoms with Crippen LogP contribution in [0.4, 0.5) is 0 Å². The van der Waals surface area contributed by atoms with E-state index >= 15 is 0 Å². The van der Waals surface area contributed by atoms with Crippen LogP contribution in [0.25, 0.3) is 56.1 Å². The Balaban J connectivity index is 1.31. The maximum absolute atomic E-state index is 4.99. The van der Waals surface area contributed by atoms with Crippen molar-refractivity contribution in [3.8, 4) is 45.2 Å². The van der Waals surface area contributed by atoms with Crippen molar-refractivity contribution in [2.24, 2.45) is 0 Å². The van der Waals surface area contributed by atoms with Gasteiger partial charge in [-0.2, -0.15) is 0 Å². The van der Waals surface area contributed by atoms with Gasteiger partial charge in [0.05, 0.1) is 22.6 Å². The van der Waals surface area contributed by atoms with Gasteiger partial charge in [0, 0.05) is 39.6 Å². The maximum Gasteiger partial charge on any atom is 0.160 e. The van der Waals surface area contributed by atoms with Crippen molar-refractivity contribution in [1.29, 1.82) is 0 Å². The van der Waals surface area contributed by atoms with E-state index in [-0.39, 0.29) is 0 Å². The van der Waals surface area contributed by atoms with Crippen molar-refractivity contribution < 1.29 is 0 Å². The van der Waals surface area contributed by atoms with Crippen LogP contribution in [0.3, 0.4) is 0 Å². The molecule has 0 N–H and O–H groups in total. The Bertz CT molecular complexity index is 1710. The minimum Gasteiger partial charge on any atom is -0.236 e. The summed E-state index contributed by atoms with van der Waals surface area (Å²) in [6.45, 7) is 0. The summed E-state index contributed by atoms with van der Waals surface area (Å²) in [7, 11) is 0. The second kappa shape index (κ2) is 7.96. The molecule has 4 heteroatoms. The Labute approximate surface area is 203 Å². The largest absolute Gasteiger partial charge is 0.236 e. The summed E-state index contributed by atoms with van der Waals surface area (Å²) < 4.78 is 0. The molecule has 4 nitrogen and oxygen atoms in total. The van der Waals surface area contributed by atoms with Crippen molar-refractivity contribution in [3.63, 3.8) is 0 Å². The van der Waals surface area contributed by atoms with Crippen LogP contribution in [0.2, 0.25) is 0 Å². The van der Waals surface area contributed by atoms with E-state index in [0.717, 1.165) is 56.9 Å². The lowest BCUT2D eigenvalue weighted by molar-refractivity contribution is 1.13. The third-order valence-corrected chi connectivity index (χ3v) is 6.65. The third kappa shape index (κ3) is 3.30. The Morgan fingerprint density at radius 2 is 1.20 bits per heavy atom.